The number of hydrogen-bond acceptors (Lipinski definition) is 3. The van der Waals surface area contributed by atoms with E-state index in [0.717, 1.165) is 12.2 Å². The summed E-state index contributed by atoms with van der Waals surface area (Å²) in [5.41, 5.74) is 3.59. The monoisotopic (exact) mass is 255 g/mol. The van der Waals surface area contributed by atoms with E-state index in [4.69, 9.17) is 0 Å². The molecule has 0 spiro atoms. The first kappa shape index (κ1) is 13.6. The maximum Gasteiger partial charge on any atom is 0.0570 e. The third-order valence-electron chi connectivity index (χ3n) is 3.20. The van der Waals surface area contributed by atoms with Gasteiger partial charge < -0.3 is 10.2 Å². The van der Waals surface area contributed by atoms with E-state index < -0.39 is 0 Å². The second kappa shape index (κ2) is 6.34. The Hall–Kier alpha value is -1.87. The normalized spacial score (nSPS) is 12.2. The number of benzene rings is 1. The van der Waals surface area contributed by atoms with Crippen molar-refractivity contribution in [1.29, 1.82) is 0 Å². The minimum Gasteiger partial charge on any atom is -0.378 e. The van der Waals surface area contributed by atoms with Gasteiger partial charge in [-0.05, 0) is 36.8 Å². The topological polar surface area (TPSA) is 28.2 Å². The van der Waals surface area contributed by atoms with Gasteiger partial charge >= 0.3 is 0 Å². The van der Waals surface area contributed by atoms with Crippen molar-refractivity contribution in [3.63, 3.8) is 0 Å². The molecule has 19 heavy (non-hydrogen) atoms. The summed E-state index contributed by atoms with van der Waals surface area (Å²) in [7, 11) is 4.10. The molecule has 3 heteroatoms. The number of hydrogen-bond donors (Lipinski definition) is 1. The summed E-state index contributed by atoms with van der Waals surface area (Å²) in [6.45, 7) is 2.99. The second-order valence-electron chi connectivity index (χ2n) is 4.92. The summed E-state index contributed by atoms with van der Waals surface area (Å²) in [6, 6.07) is 14.9. The molecule has 0 amide bonds. The molecule has 1 atom stereocenters. The van der Waals surface area contributed by atoms with Gasteiger partial charge in [-0.1, -0.05) is 18.2 Å². The summed E-state index contributed by atoms with van der Waals surface area (Å²) in [5, 5.41) is 3.49. The third kappa shape index (κ3) is 3.80. The van der Waals surface area contributed by atoms with Crippen molar-refractivity contribution in [1.82, 2.24) is 10.3 Å². The number of pyridine rings is 1. The number of nitrogens with zero attached hydrogens (tertiary/aromatic N) is 2. The molecule has 1 heterocycles. The molecular formula is C16H21N3. The van der Waals surface area contributed by atoms with Gasteiger partial charge in [0.1, 0.15) is 0 Å². The molecule has 0 bridgehead atoms. The van der Waals surface area contributed by atoms with E-state index in [9.17, 15) is 0 Å². The molecule has 0 saturated heterocycles. The first-order valence-electron chi connectivity index (χ1n) is 6.57. The van der Waals surface area contributed by atoms with E-state index in [-0.39, 0.29) is 6.04 Å². The molecule has 3 nitrogen and oxygen atoms in total. The zero-order chi connectivity index (χ0) is 13.7. The lowest BCUT2D eigenvalue weighted by Crippen LogP contribution is -2.19. The largest absolute Gasteiger partial charge is 0.378 e. The highest BCUT2D eigenvalue weighted by Crippen LogP contribution is 2.14. The Morgan fingerprint density at radius 3 is 2.42 bits per heavy atom. The fourth-order valence-electron chi connectivity index (χ4n) is 1.92. The van der Waals surface area contributed by atoms with Crippen molar-refractivity contribution in [2.24, 2.45) is 0 Å². The predicted molar refractivity (Wildman–Crippen MR) is 80.3 cm³/mol. The van der Waals surface area contributed by atoms with Crippen molar-refractivity contribution in [2.45, 2.75) is 19.5 Å². The standard InChI is InChI=1S/C16H21N3/c1-13(16-6-4-5-11-17-16)18-12-14-7-9-15(10-8-14)19(2)3/h4-11,13,18H,12H2,1-3H3/t13-/m0/s1. The van der Waals surface area contributed by atoms with Crippen LogP contribution in [0.1, 0.15) is 24.2 Å². The predicted octanol–water partition coefficient (Wildman–Crippen LogP) is 3.00. The minimum absolute atomic E-state index is 0.259. The quantitative estimate of drug-likeness (QED) is 0.890. The van der Waals surface area contributed by atoms with Crippen molar-refractivity contribution >= 4 is 5.69 Å². The number of nitrogens with one attached hydrogen (secondary N) is 1. The SMILES string of the molecule is C[C@H](NCc1ccc(N(C)C)cc1)c1ccccn1. The molecule has 0 aliphatic carbocycles. The van der Waals surface area contributed by atoms with E-state index in [2.05, 4.69) is 60.5 Å². The van der Waals surface area contributed by atoms with Crippen LogP contribution >= 0.6 is 0 Å². The Morgan fingerprint density at radius 1 is 1.11 bits per heavy atom. The van der Waals surface area contributed by atoms with Gasteiger partial charge in [0.25, 0.3) is 0 Å². The molecule has 0 radical (unpaired) electrons. The maximum absolute atomic E-state index is 4.36. The van der Waals surface area contributed by atoms with Gasteiger partial charge in [0.05, 0.1) is 5.69 Å². The van der Waals surface area contributed by atoms with Gasteiger partial charge in [0.15, 0.2) is 0 Å². The Bertz CT molecular complexity index is 491. The highest BCUT2D eigenvalue weighted by atomic mass is 15.1. The number of rotatable bonds is 5. The third-order valence-corrected chi connectivity index (χ3v) is 3.20. The first-order valence-corrected chi connectivity index (χ1v) is 6.57. The molecule has 2 aromatic rings. The van der Waals surface area contributed by atoms with Gasteiger partial charge in [-0.15, -0.1) is 0 Å². The Balaban J connectivity index is 1.92. The lowest BCUT2D eigenvalue weighted by Gasteiger charge is -2.15. The molecule has 0 fully saturated rings. The smallest absolute Gasteiger partial charge is 0.0570 e. The Morgan fingerprint density at radius 2 is 1.84 bits per heavy atom. The van der Waals surface area contributed by atoms with E-state index in [1.807, 2.05) is 24.4 Å². The zero-order valence-electron chi connectivity index (χ0n) is 11.8. The van der Waals surface area contributed by atoms with Crippen LogP contribution in [0, 0.1) is 0 Å². The van der Waals surface area contributed by atoms with Gasteiger partial charge in [0, 0.05) is 38.6 Å². The van der Waals surface area contributed by atoms with Crippen LogP contribution in [-0.4, -0.2) is 19.1 Å². The minimum atomic E-state index is 0.259. The lowest BCUT2D eigenvalue weighted by atomic mass is 10.1. The molecule has 0 aliphatic rings. The summed E-state index contributed by atoms with van der Waals surface area (Å²) in [4.78, 5) is 6.46. The average Bonchev–Trinajstić information content (AvgIpc) is 2.46. The first-order chi connectivity index (χ1) is 9.16. The molecule has 1 aromatic heterocycles. The van der Waals surface area contributed by atoms with E-state index in [1.165, 1.54) is 11.3 Å². The summed E-state index contributed by atoms with van der Waals surface area (Å²) < 4.78 is 0. The molecule has 1 N–H and O–H groups in total. The van der Waals surface area contributed by atoms with Gasteiger partial charge in [-0.25, -0.2) is 0 Å². The van der Waals surface area contributed by atoms with Crippen LogP contribution < -0.4 is 10.2 Å². The van der Waals surface area contributed by atoms with Crippen LogP contribution in [0.15, 0.2) is 48.7 Å². The van der Waals surface area contributed by atoms with E-state index in [0.29, 0.717) is 0 Å². The second-order valence-corrected chi connectivity index (χ2v) is 4.92. The molecule has 0 saturated carbocycles. The highest BCUT2D eigenvalue weighted by molar-refractivity contribution is 5.45. The highest BCUT2D eigenvalue weighted by Gasteiger charge is 2.05. The number of aromatic nitrogens is 1. The molecule has 1 aromatic carbocycles. The van der Waals surface area contributed by atoms with E-state index >= 15 is 0 Å². The lowest BCUT2D eigenvalue weighted by molar-refractivity contribution is 0.561. The fraction of sp³-hybridized carbons (Fsp3) is 0.312. The van der Waals surface area contributed by atoms with Crippen LogP contribution in [0.3, 0.4) is 0 Å². The van der Waals surface area contributed by atoms with Gasteiger partial charge in [0.2, 0.25) is 0 Å². The molecular weight excluding hydrogens is 234 g/mol. The van der Waals surface area contributed by atoms with Crippen molar-refractivity contribution < 1.29 is 0 Å². The average molecular weight is 255 g/mol. The van der Waals surface area contributed by atoms with Crippen LogP contribution in [0.5, 0.6) is 0 Å². The Kier molecular flexibility index (Phi) is 4.53. The molecule has 0 unspecified atom stereocenters. The van der Waals surface area contributed by atoms with Crippen LogP contribution in [-0.2, 0) is 6.54 Å². The number of anilines is 1. The van der Waals surface area contributed by atoms with Crippen LogP contribution in [0.2, 0.25) is 0 Å². The van der Waals surface area contributed by atoms with Crippen molar-refractivity contribution in [3.05, 3.63) is 59.9 Å². The summed E-state index contributed by atoms with van der Waals surface area (Å²) in [6.07, 6.45) is 1.83. The molecule has 100 valence electrons. The van der Waals surface area contributed by atoms with Gasteiger partial charge in [-0.2, -0.15) is 0 Å². The fourth-order valence-corrected chi connectivity index (χ4v) is 1.92. The molecule has 2 rings (SSSR count). The maximum atomic E-state index is 4.36. The Labute approximate surface area is 115 Å². The van der Waals surface area contributed by atoms with Crippen molar-refractivity contribution in [3.8, 4) is 0 Å². The summed E-state index contributed by atoms with van der Waals surface area (Å²) in [5.74, 6) is 0. The van der Waals surface area contributed by atoms with E-state index in [1.54, 1.807) is 0 Å². The van der Waals surface area contributed by atoms with Crippen molar-refractivity contribution in [2.75, 3.05) is 19.0 Å². The molecule has 0 aliphatic heterocycles. The zero-order valence-corrected chi connectivity index (χ0v) is 11.8. The van der Waals surface area contributed by atoms with Gasteiger partial charge in [-0.3, -0.25) is 4.98 Å². The van der Waals surface area contributed by atoms with Crippen LogP contribution in [0.4, 0.5) is 5.69 Å². The van der Waals surface area contributed by atoms with Crippen LogP contribution in [0.25, 0.3) is 0 Å². The summed E-state index contributed by atoms with van der Waals surface area (Å²) >= 11 is 0.